The summed E-state index contributed by atoms with van der Waals surface area (Å²) in [5.41, 5.74) is 0.883. The molecule has 1 N–H and O–H groups in total. The van der Waals surface area contributed by atoms with Crippen LogP contribution < -0.4 is 19.1 Å². The van der Waals surface area contributed by atoms with Crippen molar-refractivity contribution in [1.82, 2.24) is 5.32 Å². The highest BCUT2D eigenvalue weighted by atomic mass is 32.2. The maximum Gasteiger partial charge on any atom is 0.241 e. The highest BCUT2D eigenvalue weighted by Gasteiger charge is 2.25. The summed E-state index contributed by atoms with van der Waals surface area (Å²) in [5.74, 6) is -0.196. The van der Waals surface area contributed by atoms with E-state index in [0.29, 0.717) is 11.3 Å². The van der Waals surface area contributed by atoms with Gasteiger partial charge in [0, 0.05) is 6.07 Å². The lowest BCUT2D eigenvalue weighted by Gasteiger charge is -2.25. The molecular weight excluding hydrogens is 387 g/mol. The lowest BCUT2D eigenvalue weighted by atomic mass is 10.1. The van der Waals surface area contributed by atoms with Gasteiger partial charge < -0.3 is 14.8 Å². The average Bonchev–Trinajstić information content (AvgIpc) is 2.65. The fraction of sp³-hybridized carbons (Fsp3) is 0.316. The van der Waals surface area contributed by atoms with Crippen molar-refractivity contribution in [1.29, 1.82) is 0 Å². The lowest BCUT2D eigenvalue weighted by molar-refractivity contribution is -0.120. The zero-order valence-electron chi connectivity index (χ0n) is 16.1. The van der Waals surface area contributed by atoms with Crippen LogP contribution in [0.5, 0.6) is 11.5 Å². The normalized spacial score (nSPS) is 12.2. The molecule has 1 amide bonds. The van der Waals surface area contributed by atoms with Crippen molar-refractivity contribution < 1.29 is 27.1 Å². The molecule has 0 aromatic heterocycles. The number of nitrogens with one attached hydrogen (secondary N) is 1. The van der Waals surface area contributed by atoms with Crippen molar-refractivity contribution >= 4 is 21.6 Å². The van der Waals surface area contributed by atoms with E-state index in [1.807, 2.05) is 0 Å². The second-order valence-corrected chi connectivity index (χ2v) is 8.05. The summed E-state index contributed by atoms with van der Waals surface area (Å²) < 4.78 is 49.1. The minimum absolute atomic E-state index is 0.189. The van der Waals surface area contributed by atoms with Crippen molar-refractivity contribution in [2.24, 2.45) is 0 Å². The molecule has 2 aromatic rings. The fourth-order valence-corrected chi connectivity index (χ4v) is 3.48. The van der Waals surface area contributed by atoms with Crippen LogP contribution in [0.25, 0.3) is 0 Å². The SMILES string of the molecule is COc1ccc(OC)c(N(CC(=O)N[C@H](C)c2ccc(F)cc2)S(C)(=O)=O)c1. The third kappa shape index (κ3) is 5.35. The van der Waals surface area contributed by atoms with Gasteiger partial charge in [0.15, 0.2) is 0 Å². The Morgan fingerprint density at radius 2 is 1.79 bits per heavy atom. The van der Waals surface area contributed by atoms with E-state index >= 15 is 0 Å². The molecule has 0 unspecified atom stereocenters. The Hall–Kier alpha value is -2.81. The number of anilines is 1. The number of ether oxygens (including phenoxy) is 2. The highest BCUT2D eigenvalue weighted by Crippen LogP contribution is 2.33. The number of nitrogens with zero attached hydrogens (tertiary/aromatic N) is 1. The van der Waals surface area contributed by atoms with E-state index in [4.69, 9.17) is 9.47 Å². The fourth-order valence-electron chi connectivity index (χ4n) is 2.63. The molecule has 7 nitrogen and oxygen atoms in total. The van der Waals surface area contributed by atoms with Crippen molar-refractivity contribution in [2.75, 3.05) is 31.3 Å². The third-order valence-corrected chi connectivity index (χ3v) is 5.22. The van der Waals surface area contributed by atoms with E-state index < -0.39 is 28.5 Å². The van der Waals surface area contributed by atoms with Crippen molar-refractivity contribution in [3.63, 3.8) is 0 Å². The maximum atomic E-state index is 13.1. The molecule has 0 radical (unpaired) electrons. The summed E-state index contributed by atoms with van der Waals surface area (Å²) in [6, 6.07) is 9.94. The molecule has 0 saturated carbocycles. The number of methoxy groups -OCH3 is 2. The molecule has 28 heavy (non-hydrogen) atoms. The maximum absolute atomic E-state index is 13.1. The monoisotopic (exact) mass is 410 g/mol. The molecular formula is C19H23FN2O5S. The predicted octanol–water partition coefficient (Wildman–Crippen LogP) is 2.49. The van der Waals surface area contributed by atoms with E-state index in [0.717, 1.165) is 10.6 Å². The summed E-state index contributed by atoms with van der Waals surface area (Å²) in [4.78, 5) is 12.5. The lowest BCUT2D eigenvalue weighted by Crippen LogP contribution is -2.41. The molecule has 0 aliphatic carbocycles. The van der Waals surface area contributed by atoms with Gasteiger partial charge in [-0.05, 0) is 36.8 Å². The van der Waals surface area contributed by atoms with Crippen molar-refractivity contribution in [3.8, 4) is 11.5 Å². The zero-order valence-corrected chi connectivity index (χ0v) is 16.9. The Morgan fingerprint density at radius 1 is 1.14 bits per heavy atom. The Kier molecular flexibility index (Phi) is 6.85. The number of hydrogen-bond donors (Lipinski definition) is 1. The molecule has 0 heterocycles. The Balaban J connectivity index is 2.25. The second kappa shape index (κ2) is 8.92. The molecule has 0 bridgehead atoms. The van der Waals surface area contributed by atoms with Gasteiger partial charge in [0.1, 0.15) is 23.9 Å². The number of amides is 1. The van der Waals surface area contributed by atoms with Gasteiger partial charge in [-0.25, -0.2) is 12.8 Å². The molecule has 0 saturated heterocycles. The number of sulfonamides is 1. The molecule has 2 rings (SSSR count). The number of carbonyl (C=O) groups is 1. The standard InChI is InChI=1S/C19H23FN2O5S/c1-13(14-5-7-15(20)8-6-14)21-19(23)12-22(28(4,24)25)17-11-16(26-2)9-10-18(17)27-3/h5-11,13H,12H2,1-4H3,(H,21,23)/t13-/m1/s1. The summed E-state index contributed by atoms with van der Waals surface area (Å²) in [6.07, 6.45) is 1.00. The average molecular weight is 410 g/mol. The van der Waals surface area contributed by atoms with Crippen LogP contribution in [0.2, 0.25) is 0 Å². The summed E-state index contributed by atoms with van der Waals surface area (Å²) >= 11 is 0. The van der Waals surface area contributed by atoms with Crippen LogP contribution in [-0.4, -0.2) is 41.3 Å². The number of benzene rings is 2. The van der Waals surface area contributed by atoms with Gasteiger partial charge in [0.2, 0.25) is 15.9 Å². The first-order valence-electron chi connectivity index (χ1n) is 8.40. The molecule has 0 aliphatic heterocycles. The first-order chi connectivity index (χ1) is 13.2. The topological polar surface area (TPSA) is 84.9 Å². The molecule has 0 spiro atoms. The van der Waals surface area contributed by atoms with E-state index in [-0.39, 0.29) is 17.3 Å². The van der Waals surface area contributed by atoms with Gasteiger partial charge in [-0.2, -0.15) is 0 Å². The number of hydrogen-bond acceptors (Lipinski definition) is 5. The minimum atomic E-state index is -3.79. The van der Waals surface area contributed by atoms with Crippen molar-refractivity contribution in [3.05, 3.63) is 53.8 Å². The Bertz CT molecular complexity index is 932. The first kappa shape index (κ1) is 21.5. The molecule has 2 aromatic carbocycles. The van der Waals surface area contributed by atoms with Crippen LogP contribution >= 0.6 is 0 Å². The van der Waals surface area contributed by atoms with Crippen LogP contribution in [-0.2, 0) is 14.8 Å². The number of carbonyl (C=O) groups excluding carboxylic acids is 1. The zero-order chi connectivity index (χ0) is 20.9. The predicted molar refractivity (Wildman–Crippen MR) is 105 cm³/mol. The van der Waals surface area contributed by atoms with Crippen LogP contribution in [0, 0.1) is 5.82 Å². The molecule has 0 aliphatic rings. The van der Waals surface area contributed by atoms with Gasteiger partial charge >= 0.3 is 0 Å². The van der Waals surface area contributed by atoms with Crippen LogP contribution in [0.3, 0.4) is 0 Å². The van der Waals surface area contributed by atoms with Crippen molar-refractivity contribution in [2.45, 2.75) is 13.0 Å². The van der Waals surface area contributed by atoms with E-state index in [9.17, 15) is 17.6 Å². The van der Waals surface area contributed by atoms with Crippen LogP contribution in [0.1, 0.15) is 18.5 Å². The van der Waals surface area contributed by atoms with Gasteiger partial charge in [-0.15, -0.1) is 0 Å². The smallest absolute Gasteiger partial charge is 0.241 e. The van der Waals surface area contributed by atoms with Gasteiger partial charge in [0.25, 0.3) is 0 Å². The van der Waals surface area contributed by atoms with E-state index in [2.05, 4.69) is 5.32 Å². The second-order valence-electron chi connectivity index (χ2n) is 6.15. The molecule has 1 atom stereocenters. The molecule has 9 heteroatoms. The number of rotatable bonds is 8. The molecule has 0 fully saturated rings. The quantitative estimate of drug-likeness (QED) is 0.723. The first-order valence-corrected chi connectivity index (χ1v) is 10.2. The third-order valence-electron chi connectivity index (χ3n) is 4.09. The van der Waals surface area contributed by atoms with Crippen LogP contribution in [0.15, 0.2) is 42.5 Å². The van der Waals surface area contributed by atoms with Gasteiger partial charge in [0.05, 0.1) is 32.2 Å². The van der Waals surface area contributed by atoms with Gasteiger partial charge in [-0.1, -0.05) is 12.1 Å². The number of halogens is 1. The summed E-state index contributed by atoms with van der Waals surface area (Å²) in [7, 11) is -0.932. The minimum Gasteiger partial charge on any atom is -0.497 e. The Morgan fingerprint density at radius 3 is 2.32 bits per heavy atom. The largest absolute Gasteiger partial charge is 0.497 e. The summed E-state index contributed by atoms with van der Waals surface area (Å²) in [5, 5.41) is 2.71. The van der Waals surface area contributed by atoms with Gasteiger partial charge in [-0.3, -0.25) is 9.10 Å². The molecule has 152 valence electrons. The van der Waals surface area contributed by atoms with Crippen LogP contribution in [0.4, 0.5) is 10.1 Å². The Labute approximate surface area is 164 Å². The van der Waals surface area contributed by atoms with E-state index in [1.54, 1.807) is 31.2 Å². The highest BCUT2D eigenvalue weighted by molar-refractivity contribution is 7.92. The summed E-state index contributed by atoms with van der Waals surface area (Å²) in [6.45, 7) is 1.27. The van der Waals surface area contributed by atoms with E-state index in [1.165, 1.54) is 32.4 Å².